The van der Waals surface area contributed by atoms with E-state index in [1.807, 2.05) is 38.1 Å². The third-order valence-electron chi connectivity index (χ3n) is 5.67. The minimum Gasteiger partial charge on any atom is -0.310 e. The number of carbonyl (C=O) groups excluding carboxylic acids is 2. The van der Waals surface area contributed by atoms with Crippen molar-refractivity contribution in [3.63, 3.8) is 0 Å². The van der Waals surface area contributed by atoms with Crippen LogP contribution in [0.25, 0.3) is 11.1 Å². The van der Waals surface area contributed by atoms with Crippen LogP contribution in [0.5, 0.6) is 0 Å². The number of hydrogen-bond donors (Lipinski definition) is 2. The van der Waals surface area contributed by atoms with Gasteiger partial charge in [0, 0.05) is 24.9 Å². The number of benzene rings is 2. The second-order valence-corrected chi connectivity index (χ2v) is 9.91. The van der Waals surface area contributed by atoms with Gasteiger partial charge in [-0.15, -0.1) is 0 Å². The lowest BCUT2D eigenvalue weighted by molar-refractivity contribution is -0.116. The Bertz CT molecular complexity index is 1360. The Morgan fingerprint density at radius 2 is 1.88 bits per heavy atom. The highest BCUT2D eigenvalue weighted by Crippen LogP contribution is 2.35. The van der Waals surface area contributed by atoms with Crippen LogP contribution in [0.2, 0.25) is 0 Å². The van der Waals surface area contributed by atoms with E-state index in [-0.39, 0.29) is 36.1 Å². The molecule has 3 aromatic rings. The molecule has 1 aromatic heterocycles. The number of amides is 1. The van der Waals surface area contributed by atoms with Gasteiger partial charge >= 0.3 is 0 Å². The lowest BCUT2D eigenvalue weighted by Crippen LogP contribution is -2.24. The van der Waals surface area contributed by atoms with E-state index in [4.69, 9.17) is 0 Å². The monoisotopic (exact) mass is 466 g/mol. The number of aromatic nitrogens is 2. The number of rotatable bonds is 6. The van der Waals surface area contributed by atoms with Crippen LogP contribution in [0.1, 0.15) is 46.9 Å². The zero-order valence-corrected chi connectivity index (χ0v) is 19.6. The third kappa shape index (κ3) is 4.60. The van der Waals surface area contributed by atoms with Crippen molar-refractivity contribution in [2.24, 2.45) is 0 Å². The van der Waals surface area contributed by atoms with E-state index in [0.29, 0.717) is 34.6 Å². The summed E-state index contributed by atoms with van der Waals surface area (Å²) in [7, 11) is -3.82. The molecule has 1 aliphatic heterocycles. The molecule has 0 saturated heterocycles. The zero-order valence-electron chi connectivity index (χ0n) is 18.8. The number of sulfonamides is 1. The number of nitrogens with zero attached hydrogens (tertiary/aromatic N) is 2. The van der Waals surface area contributed by atoms with E-state index >= 15 is 0 Å². The number of hydrogen-bond acceptors (Lipinski definition) is 5. The van der Waals surface area contributed by atoms with Crippen LogP contribution in [-0.4, -0.2) is 30.0 Å². The van der Waals surface area contributed by atoms with E-state index in [1.165, 1.54) is 4.68 Å². The Kier molecular flexibility index (Phi) is 6.18. The first-order chi connectivity index (χ1) is 15.7. The van der Waals surface area contributed by atoms with Crippen LogP contribution >= 0.6 is 0 Å². The zero-order chi connectivity index (χ0) is 23.8. The summed E-state index contributed by atoms with van der Waals surface area (Å²) in [5.41, 5.74) is 4.26. The molecule has 8 nitrogen and oxygen atoms in total. The van der Waals surface area contributed by atoms with Gasteiger partial charge in [0.15, 0.2) is 0 Å². The maximum Gasteiger partial charge on any atom is 0.249 e. The van der Waals surface area contributed by atoms with Gasteiger partial charge in [-0.3, -0.25) is 9.59 Å². The molecule has 0 unspecified atom stereocenters. The van der Waals surface area contributed by atoms with E-state index in [0.717, 1.165) is 11.1 Å². The van der Waals surface area contributed by atoms with E-state index < -0.39 is 10.0 Å². The van der Waals surface area contributed by atoms with Crippen molar-refractivity contribution in [3.8, 4) is 11.1 Å². The molecule has 0 spiro atoms. The summed E-state index contributed by atoms with van der Waals surface area (Å²) < 4.78 is 30.3. The van der Waals surface area contributed by atoms with Crippen molar-refractivity contribution in [2.75, 3.05) is 5.32 Å². The first-order valence-corrected chi connectivity index (χ1v) is 12.3. The molecule has 1 amide bonds. The average molecular weight is 467 g/mol. The van der Waals surface area contributed by atoms with Crippen molar-refractivity contribution >= 4 is 27.7 Å². The summed E-state index contributed by atoms with van der Waals surface area (Å²) in [4.78, 5) is 24.8. The predicted octanol–water partition coefficient (Wildman–Crippen LogP) is 3.58. The molecule has 0 saturated carbocycles. The fraction of sp³-hybridized carbons (Fsp3) is 0.292. The summed E-state index contributed by atoms with van der Waals surface area (Å²) in [6.45, 7) is 5.75. The van der Waals surface area contributed by atoms with Gasteiger partial charge < -0.3 is 5.32 Å². The molecule has 2 heterocycles. The summed E-state index contributed by atoms with van der Waals surface area (Å²) in [6, 6.07) is 12.7. The Balaban J connectivity index is 1.75. The van der Waals surface area contributed by atoms with Gasteiger partial charge in [-0.05, 0) is 43.0 Å². The standard InChI is InChI=1S/C24H26N4O4S/c1-4-19-23(24-26-21(29)10-11-22(30)28(24)27-19)18-9-8-16(3)20(13-18)33(31,32)25-14-17-7-5-6-15(2)12-17/h5-9,12-13,25H,4,10-11,14H2,1-3H3,(H,26,29). The quantitative estimate of drug-likeness (QED) is 0.577. The van der Waals surface area contributed by atoms with Crippen LogP contribution in [0, 0.1) is 13.8 Å². The molecule has 9 heteroatoms. The Labute approximate surface area is 193 Å². The Hall–Kier alpha value is -3.30. The van der Waals surface area contributed by atoms with Gasteiger partial charge in [0.1, 0.15) is 5.82 Å². The van der Waals surface area contributed by atoms with Gasteiger partial charge in [0.25, 0.3) is 0 Å². The molecule has 33 heavy (non-hydrogen) atoms. The van der Waals surface area contributed by atoms with Gasteiger partial charge in [-0.2, -0.15) is 9.78 Å². The maximum absolute atomic E-state index is 13.2. The van der Waals surface area contributed by atoms with Crippen molar-refractivity contribution in [1.29, 1.82) is 0 Å². The minimum absolute atomic E-state index is 0.0690. The third-order valence-corrected chi connectivity index (χ3v) is 7.21. The van der Waals surface area contributed by atoms with Crippen molar-refractivity contribution in [2.45, 2.75) is 51.5 Å². The van der Waals surface area contributed by atoms with E-state index in [1.54, 1.807) is 25.1 Å². The molecule has 0 atom stereocenters. The van der Waals surface area contributed by atoms with Crippen molar-refractivity contribution < 1.29 is 18.0 Å². The SMILES string of the molecule is CCc1nn2c(c1-c1ccc(C)c(S(=O)(=O)NCc3cccc(C)c3)c1)NC(=O)CCC2=O. The summed E-state index contributed by atoms with van der Waals surface area (Å²) >= 11 is 0. The normalized spacial score (nSPS) is 14.0. The topological polar surface area (TPSA) is 110 Å². The van der Waals surface area contributed by atoms with Gasteiger partial charge in [0.2, 0.25) is 21.8 Å². The molecule has 0 fully saturated rings. The summed E-state index contributed by atoms with van der Waals surface area (Å²) in [5.74, 6) is -0.256. The highest BCUT2D eigenvalue weighted by molar-refractivity contribution is 7.89. The number of fused-ring (bicyclic) bond motifs is 1. The van der Waals surface area contributed by atoms with Crippen LogP contribution in [-0.2, 0) is 27.8 Å². The Morgan fingerprint density at radius 3 is 2.61 bits per heavy atom. The number of aryl methyl sites for hydroxylation is 3. The molecule has 1 aliphatic rings. The van der Waals surface area contributed by atoms with Crippen molar-refractivity contribution in [3.05, 3.63) is 64.8 Å². The first-order valence-electron chi connectivity index (χ1n) is 10.8. The first kappa shape index (κ1) is 22.9. The molecule has 2 N–H and O–H groups in total. The number of anilines is 1. The second kappa shape index (κ2) is 8.92. The molecule has 4 rings (SSSR count). The van der Waals surface area contributed by atoms with Crippen molar-refractivity contribution in [1.82, 2.24) is 14.5 Å². The second-order valence-electron chi connectivity index (χ2n) is 8.17. The molecule has 2 aromatic carbocycles. The predicted molar refractivity (Wildman–Crippen MR) is 125 cm³/mol. The lowest BCUT2D eigenvalue weighted by Gasteiger charge is -2.13. The molecular weight excluding hydrogens is 440 g/mol. The number of carbonyl (C=O) groups is 2. The largest absolute Gasteiger partial charge is 0.310 e. The number of nitrogens with one attached hydrogen (secondary N) is 2. The molecule has 0 bridgehead atoms. The average Bonchev–Trinajstić information content (AvgIpc) is 3.08. The minimum atomic E-state index is -3.82. The molecule has 0 aliphatic carbocycles. The van der Waals surface area contributed by atoms with E-state index in [9.17, 15) is 18.0 Å². The highest BCUT2D eigenvalue weighted by Gasteiger charge is 2.28. The molecular formula is C24H26N4O4S. The van der Waals surface area contributed by atoms with Crippen LogP contribution < -0.4 is 10.0 Å². The van der Waals surface area contributed by atoms with Gasteiger partial charge in [0.05, 0.1) is 10.6 Å². The smallest absolute Gasteiger partial charge is 0.249 e. The lowest BCUT2D eigenvalue weighted by atomic mass is 10.0. The Morgan fingerprint density at radius 1 is 1.09 bits per heavy atom. The fourth-order valence-electron chi connectivity index (χ4n) is 3.95. The molecule has 172 valence electrons. The summed E-state index contributed by atoms with van der Waals surface area (Å²) in [6.07, 6.45) is 0.666. The maximum atomic E-state index is 13.2. The van der Waals surface area contributed by atoms with Gasteiger partial charge in [-0.25, -0.2) is 13.1 Å². The fourth-order valence-corrected chi connectivity index (χ4v) is 5.24. The van der Waals surface area contributed by atoms with E-state index in [2.05, 4.69) is 15.1 Å². The van der Waals surface area contributed by atoms with Crippen LogP contribution in [0.4, 0.5) is 5.82 Å². The van der Waals surface area contributed by atoms with Gasteiger partial charge in [-0.1, -0.05) is 48.9 Å². The van der Waals surface area contributed by atoms with Crippen LogP contribution in [0.15, 0.2) is 47.4 Å². The highest BCUT2D eigenvalue weighted by atomic mass is 32.2. The molecule has 0 radical (unpaired) electrons. The van der Waals surface area contributed by atoms with Crippen LogP contribution in [0.3, 0.4) is 0 Å². The summed E-state index contributed by atoms with van der Waals surface area (Å²) in [5, 5.41) is 7.18.